The summed E-state index contributed by atoms with van der Waals surface area (Å²) in [6.45, 7) is 1.91. The van der Waals surface area contributed by atoms with Gasteiger partial charge < -0.3 is 5.73 Å². The molecule has 0 aliphatic carbocycles. The Hall–Kier alpha value is -2.11. The van der Waals surface area contributed by atoms with Gasteiger partial charge in [-0.3, -0.25) is 0 Å². The predicted octanol–water partition coefficient (Wildman–Crippen LogP) is 0.219. The largest absolute Gasteiger partial charge is 0.368 e. The van der Waals surface area contributed by atoms with Gasteiger partial charge in [0.1, 0.15) is 6.33 Å². The summed E-state index contributed by atoms with van der Waals surface area (Å²) in [5.41, 5.74) is 6.39. The highest BCUT2D eigenvalue weighted by Gasteiger charge is 2.03. The lowest BCUT2D eigenvalue weighted by molar-refractivity contribution is 1.02. The highest BCUT2D eigenvalue weighted by Crippen LogP contribution is 2.07. The zero-order chi connectivity index (χ0) is 9.97. The minimum atomic E-state index is 0.166. The molecule has 0 saturated heterocycles. The first-order chi connectivity index (χ1) is 6.75. The molecule has 6 nitrogen and oxygen atoms in total. The third-order valence-corrected chi connectivity index (χ3v) is 1.57. The number of hydrogen-bond acceptors (Lipinski definition) is 6. The van der Waals surface area contributed by atoms with Gasteiger partial charge in [-0.05, 0) is 12.5 Å². The number of nitrogens with two attached hydrogens (primary N) is 1. The first-order valence-electron chi connectivity index (χ1n) is 3.99. The lowest BCUT2D eigenvalue weighted by Crippen LogP contribution is -2.00. The standard InChI is InChI=1S/C8H8N6/c1-5-2-10-6(11-3-5)7-12-4-13-8(9)14-7/h2-4H,1H3,(H2,9,12,13,14). The third-order valence-electron chi connectivity index (χ3n) is 1.57. The van der Waals surface area contributed by atoms with Crippen molar-refractivity contribution in [1.29, 1.82) is 0 Å². The molecule has 0 unspecified atom stereocenters. The molecule has 0 bridgehead atoms. The van der Waals surface area contributed by atoms with Crippen molar-refractivity contribution in [3.05, 3.63) is 24.3 Å². The maximum absolute atomic E-state index is 5.41. The Kier molecular flexibility index (Phi) is 2.02. The van der Waals surface area contributed by atoms with Crippen LogP contribution in [0.4, 0.5) is 5.95 Å². The van der Waals surface area contributed by atoms with E-state index in [2.05, 4.69) is 24.9 Å². The highest BCUT2D eigenvalue weighted by molar-refractivity contribution is 5.43. The minimum Gasteiger partial charge on any atom is -0.368 e. The topological polar surface area (TPSA) is 90.5 Å². The average Bonchev–Trinajstić information content (AvgIpc) is 2.19. The van der Waals surface area contributed by atoms with E-state index in [9.17, 15) is 0 Å². The normalized spacial score (nSPS) is 10.1. The van der Waals surface area contributed by atoms with Crippen molar-refractivity contribution >= 4 is 5.95 Å². The fourth-order valence-corrected chi connectivity index (χ4v) is 0.925. The smallest absolute Gasteiger partial charge is 0.223 e. The van der Waals surface area contributed by atoms with Crippen LogP contribution in [0.15, 0.2) is 18.7 Å². The van der Waals surface area contributed by atoms with Crippen molar-refractivity contribution in [3.63, 3.8) is 0 Å². The van der Waals surface area contributed by atoms with Crippen LogP contribution in [0.2, 0.25) is 0 Å². The van der Waals surface area contributed by atoms with Crippen LogP contribution in [0.5, 0.6) is 0 Å². The van der Waals surface area contributed by atoms with E-state index in [1.165, 1.54) is 6.33 Å². The van der Waals surface area contributed by atoms with E-state index in [0.717, 1.165) is 5.56 Å². The maximum Gasteiger partial charge on any atom is 0.223 e. The predicted molar refractivity (Wildman–Crippen MR) is 50.0 cm³/mol. The monoisotopic (exact) mass is 188 g/mol. The van der Waals surface area contributed by atoms with Crippen molar-refractivity contribution in [2.75, 3.05) is 5.73 Å². The number of rotatable bonds is 1. The average molecular weight is 188 g/mol. The van der Waals surface area contributed by atoms with Crippen molar-refractivity contribution in [1.82, 2.24) is 24.9 Å². The summed E-state index contributed by atoms with van der Waals surface area (Å²) in [6.07, 6.45) is 4.73. The van der Waals surface area contributed by atoms with E-state index >= 15 is 0 Å². The molecule has 0 amide bonds. The number of aryl methyl sites for hydroxylation is 1. The van der Waals surface area contributed by atoms with E-state index in [1.54, 1.807) is 12.4 Å². The molecule has 0 radical (unpaired) electrons. The Balaban J connectivity index is 2.44. The molecule has 2 rings (SSSR count). The summed E-state index contributed by atoms with van der Waals surface area (Å²) in [6, 6.07) is 0. The van der Waals surface area contributed by atoms with Gasteiger partial charge >= 0.3 is 0 Å². The quantitative estimate of drug-likeness (QED) is 0.688. The molecule has 70 valence electrons. The van der Waals surface area contributed by atoms with Gasteiger partial charge in [-0.15, -0.1) is 0 Å². The Morgan fingerprint density at radius 2 is 1.71 bits per heavy atom. The van der Waals surface area contributed by atoms with Gasteiger partial charge in [-0.25, -0.2) is 19.9 Å². The molecule has 6 heteroatoms. The first-order valence-corrected chi connectivity index (χ1v) is 3.99. The van der Waals surface area contributed by atoms with E-state index in [4.69, 9.17) is 5.73 Å². The van der Waals surface area contributed by atoms with Crippen LogP contribution in [-0.4, -0.2) is 24.9 Å². The van der Waals surface area contributed by atoms with Gasteiger partial charge in [0.25, 0.3) is 0 Å². The van der Waals surface area contributed by atoms with Gasteiger partial charge in [0.2, 0.25) is 11.8 Å². The van der Waals surface area contributed by atoms with Crippen LogP contribution in [0, 0.1) is 6.92 Å². The number of nitrogens with zero attached hydrogens (tertiary/aromatic N) is 5. The fourth-order valence-electron chi connectivity index (χ4n) is 0.925. The Morgan fingerprint density at radius 3 is 2.36 bits per heavy atom. The second-order valence-corrected chi connectivity index (χ2v) is 2.75. The third kappa shape index (κ3) is 1.63. The molecule has 0 aliphatic rings. The highest BCUT2D eigenvalue weighted by atomic mass is 15.1. The molecule has 2 aromatic heterocycles. The van der Waals surface area contributed by atoms with Gasteiger partial charge in [-0.2, -0.15) is 4.98 Å². The lowest BCUT2D eigenvalue weighted by Gasteiger charge is -1.98. The second kappa shape index (κ2) is 3.33. The molecular formula is C8H8N6. The molecule has 0 fully saturated rings. The van der Waals surface area contributed by atoms with Crippen LogP contribution in [0.3, 0.4) is 0 Å². The molecule has 2 heterocycles. The molecule has 14 heavy (non-hydrogen) atoms. The molecule has 2 aromatic rings. The Morgan fingerprint density at radius 1 is 1.00 bits per heavy atom. The fraction of sp³-hybridized carbons (Fsp3) is 0.125. The number of nitrogen functional groups attached to an aromatic ring is 1. The van der Waals surface area contributed by atoms with Crippen LogP contribution in [0.25, 0.3) is 11.6 Å². The van der Waals surface area contributed by atoms with Gasteiger partial charge in [0.05, 0.1) is 0 Å². The summed E-state index contributed by atoms with van der Waals surface area (Å²) in [4.78, 5) is 19.6. The lowest BCUT2D eigenvalue weighted by atomic mass is 10.4. The van der Waals surface area contributed by atoms with Crippen molar-refractivity contribution in [2.45, 2.75) is 6.92 Å². The van der Waals surface area contributed by atoms with Crippen LogP contribution >= 0.6 is 0 Å². The van der Waals surface area contributed by atoms with Crippen molar-refractivity contribution < 1.29 is 0 Å². The molecule has 0 saturated carbocycles. The molecule has 0 spiro atoms. The summed E-state index contributed by atoms with van der Waals surface area (Å²) >= 11 is 0. The van der Waals surface area contributed by atoms with Crippen LogP contribution in [0.1, 0.15) is 5.56 Å². The Bertz CT molecular complexity index is 438. The van der Waals surface area contributed by atoms with Crippen LogP contribution in [-0.2, 0) is 0 Å². The van der Waals surface area contributed by atoms with Gasteiger partial charge in [0, 0.05) is 12.4 Å². The summed E-state index contributed by atoms with van der Waals surface area (Å²) in [5, 5.41) is 0. The molecule has 0 atom stereocenters. The van der Waals surface area contributed by atoms with E-state index in [-0.39, 0.29) is 5.95 Å². The SMILES string of the molecule is Cc1cnc(-c2ncnc(N)n2)nc1. The van der Waals surface area contributed by atoms with Crippen molar-refractivity contribution in [3.8, 4) is 11.6 Å². The van der Waals surface area contributed by atoms with Crippen molar-refractivity contribution in [2.24, 2.45) is 0 Å². The number of hydrogen-bond donors (Lipinski definition) is 1. The summed E-state index contributed by atoms with van der Waals surface area (Å²) in [7, 11) is 0. The zero-order valence-electron chi connectivity index (χ0n) is 7.55. The van der Waals surface area contributed by atoms with Gasteiger partial charge in [0.15, 0.2) is 5.82 Å². The summed E-state index contributed by atoms with van der Waals surface area (Å²) < 4.78 is 0. The number of aromatic nitrogens is 5. The second-order valence-electron chi connectivity index (χ2n) is 2.75. The van der Waals surface area contributed by atoms with E-state index < -0.39 is 0 Å². The maximum atomic E-state index is 5.41. The number of anilines is 1. The van der Waals surface area contributed by atoms with Crippen LogP contribution < -0.4 is 5.73 Å². The molecule has 0 aromatic carbocycles. The molecule has 0 aliphatic heterocycles. The minimum absolute atomic E-state index is 0.166. The molecular weight excluding hydrogens is 180 g/mol. The van der Waals surface area contributed by atoms with E-state index in [1.807, 2.05) is 6.92 Å². The molecule has 2 N–H and O–H groups in total. The first kappa shape index (κ1) is 8.49. The summed E-state index contributed by atoms with van der Waals surface area (Å²) in [5.74, 6) is 1.00. The van der Waals surface area contributed by atoms with Gasteiger partial charge in [-0.1, -0.05) is 0 Å². The van der Waals surface area contributed by atoms with E-state index in [0.29, 0.717) is 11.6 Å². The zero-order valence-corrected chi connectivity index (χ0v) is 7.55. The Labute approximate surface area is 80.3 Å².